The summed E-state index contributed by atoms with van der Waals surface area (Å²) < 4.78 is 7.79. The van der Waals surface area contributed by atoms with Gasteiger partial charge in [0, 0.05) is 23.3 Å². The topological polar surface area (TPSA) is 42.3 Å². The molecule has 1 fully saturated rings. The summed E-state index contributed by atoms with van der Waals surface area (Å²) in [4.78, 5) is 6.86. The van der Waals surface area contributed by atoms with Gasteiger partial charge in [-0.05, 0) is 92.5 Å². The minimum absolute atomic E-state index is 0.124. The van der Waals surface area contributed by atoms with E-state index in [2.05, 4.69) is 66.7 Å². The Morgan fingerprint density at radius 2 is 1.86 bits per heavy atom. The maximum Gasteiger partial charge on any atom is 0.174 e. The number of rotatable bonds is 6. The highest BCUT2D eigenvalue weighted by atomic mass is 35.5. The Balaban J connectivity index is 1.71. The zero-order valence-corrected chi connectivity index (χ0v) is 23.3. The van der Waals surface area contributed by atoms with Crippen LogP contribution >= 0.6 is 23.8 Å². The maximum absolute atomic E-state index is 6.56. The van der Waals surface area contributed by atoms with Gasteiger partial charge in [0.05, 0.1) is 35.6 Å². The Bertz CT molecular complexity index is 1470. The lowest BCUT2D eigenvalue weighted by Crippen LogP contribution is -2.29. The van der Waals surface area contributed by atoms with Crippen molar-refractivity contribution in [3.8, 4) is 11.4 Å². The van der Waals surface area contributed by atoms with Crippen LogP contribution in [-0.4, -0.2) is 21.8 Å². The van der Waals surface area contributed by atoms with Gasteiger partial charge in [0.25, 0.3) is 0 Å². The SMILES string of the molecule is CCc1cccc(C)c1-n1c(C)cc(C2C(c3ccccn3)NC(=S)N2c2ccc(OC)c(Cl)c2)c1C. The highest BCUT2D eigenvalue weighted by Crippen LogP contribution is 2.45. The van der Waals surface area contributed by atoms with Crippen LogP contribution in [0.25, 0.3) is 5.69 Å². The summed E-state index contributed by atoms with van der Waals surface area (Å²) in [5, 5.41) is 4.73. The van der Waals surface area contributed by atoms with Gasteiger partial charge < -0.3 is 19.5 Å². The molecule has 0 spiro atoms. The van der Waals surface area contributed by atoms with Crippen molar-refractivity contribution in [3.05, 3.63) is 106 Å². The monoisotopic (exact) mass is 530 g/mol. The first-order valence-corrected chi connectivity index (χ1v) is 13.3. The Labute approximate surface area is 229 Å². The molecule has 4 aromatic rings. The number of halogens is 1. The maximum atomic E-state index is 6.56. The van der Waals surface area contributed by atoms with Crippen molar-refractivity contribution in [2.75, 3.05) is 12.0 Å². The molecule has 2 unspecified atom stereocenters. The highest BCUT2D eigenvalue weighted by Gasteiger charge is 2.42. The largest absolute Gasteiger partial charge is 0.495 e. The second kappa shape index (κ2) is 10.2. The van der Waals surface area contributed by atoms with Crippen molar-refractivity contribution in [3.63, 3.8) is 0 Å². The van der Waals surface area contributed by atoms with Crippen LogP contribution in [-0.2, 0) is 6.42 Å². The first kappa shape index (κ1) is 25.3. The molecule has 0 bridgehead atoms. The number of ether oxygens (including phenoxy) is 1. The van der Waals surface area contributed by atoms with Crippen LogP contribution in [0.3, 0.4) is 0 Å². The number of anilines is 1. The zero-order chi connectivity index (χ0) is 26.3. The van der Waals surface area contributed by atoms with E-state index in [1.807, 2.05) is 42.6 Å². The van der Waals surface area contributed by atoms with Gasteiger partial charge in [-0.15, -0.1) is 0 Å². The first-order chi connectivity index (χ1) is 17.8. The lowest BCUT2D eigenvalue weighted by atomic mass is 9.96. The van der Waals surface area contributed by atoms with E-state index in [1.54, 1.807) is 7.11 Å². The van der Waals surface area contributed by atoms with Crippen LogP contribution in [0, 0.1) is 20.8 Å². The van der Waals surface area contributed by atoms with E-state index < -0.39 is 0 Å². The molecule has 2 aromatic carbocycles. The van der Waals surface area contributed by atoms with Gasteiger partial charge in [-0.2, -0.15) is 0 Å². The van der Waals surface area contributed by atoms with Crippen LogP contribution < -0.4 is 15.0 Å². The summed E-state index contributed by atoms with van der Waals surface area (Å²) in [6.07, 6.45) is 2.79. The molecule has 0 radical (unpaired) electrons. The zero-order valence-electron chi connectivity index (χ0n) is 21.7. The number of methoxy groups -OCH3 is 1. The second-order valence-electron chi connectivity index (χ2n) is 9.41. The molecule has 1 saturated heterocycles. The van der Waals surface area contributed by atoms with E-state index in [0.29, 0.717) is 15.9 Å². The molecular formula is C30H31ClN4OS. The molecule has 5 rings (SSSR count). The Morgan fingerprint density at radius 1 is 1.05 bits per heavy atom. The molecule has 1 N–H and O–H groups in total. The second-order valence-corrected chi connectivity index (χ2v) is 10.2. The van der Waals surface area contributed by atoms with Crippen LogP contribution in [0.2, 0.25) is 5.02 Å². The van der Waals surface area contributed by atoms with E-state index in [9.17, 15) is 0 Å². The van der Waals surface area contributed by atoms with Crippen LogP contribution in [0.5, 0.6) is 5.75 Å². The fourth-order valence-corrected chi connectivity index (χ4v) is 6.11. The Kier molecular flexibility index (Phi) is 6.97. The molecule has 2 atom stereocenters. The van der Waals surface area contributed by atoms with E-state index >= 15 is 0 Å². The molecule has 190 valence electrons. The van der Waals surface area contributed by atoms with E-state index in [4.69, 9.17) is 33.5 Å². The molecule has 2 aromatic heterocycles. The number of para-hydroxylation sites is 1. The summed E-state index contributed by atoms with van der Waals surface area (Å²) in [7, 11) is 1.62. The van der Waals surface area contributed by atoms with Gasteiger partial charge in [0.15, 0.2) is 5.11 Å². The molecule has 5 nitrogen and oxygen atoms in total. The molecule has 1 aliphatic rings. The number of nitrogens with zero attached hydrogens (tertiary/aromatic N) is 3. The standard InChI is InChI=1S/C30H31ClN4OS/c1-6-21-11-9-10-18(2)28(21)34-19(3)16-23(20(34)4)29-27(25-12-7-8-15-32-25)33-30(37)35(29)22-13-14-26(36-5)24(31)17-22/h7-17,27,29H,6H2,1-5H3,(H,33,37). The van der Waals surface area contributed by atoms with Crippen LogP contribution in [0.1, 0.15) is 52.8 Å². The van der Waals surface area contributed by atoms with Crippen molar-refractivity contribution in [2.45, 2.75) is 46.2 Å². The molecule has 0 saturated carbocycles. The third kappa shape index (κ3) is 4.38. The van der Waals surface area contributed by atoms with Crippen LogP contribution in [0.4, 0.5) is 5.69 Å². The van der Waals surface area contributed by atoms with E-state index in [-0.39, 0.29) is 12.1 Å². The quantitative estimate of drug-likeness (QED) is 0.267. The fraction of sp³-hybridized carbons (Fsp3) is 0.267. The number of pyridine rings is 1. The molecule has 1 aliphatic heterocycles. The highest BCUT2D eigenvalue weighted by molar-refractivity contribution is 7.80. The average Bonchev–Trinajstić information content (AvgIpc) is 3.39. The van der Waals surface area contributed by atoms with Gasteiger partial charge in [-0.3, -0.25) is 4.98 Å². The van der Waals surface area contributed by atoms with E-state index in [1.165, 1.54) is 33.8 Å². The molecule has 7 heteroatoms. The summed E-state index contributed by atoms with van der Waals surface area (Å²) in [5.41, 5.74) is 9.24. The number of aryl methyl sites for hydroxylation is 3. The lowest BCUT2D eigenvalue weighted by molar-refractivity contribution is 0.415. The van der Waals surface area contributed by atoms with Gasteiger partial charge >= 0.3 is 0 Å². The normalized spacial score (nSPS) is 17.2. The summed E-state index contributed by atoms with van der Waals surface area (Å²) in [5.74, 6) is 0.631. The number of hydrogen-bond donors (Lipinski definition) is 1. The number of hydrogen-bond acceptors (Lipinski definition) is 3. The third-order valence-corrected chi connectivity index (χ3v) is 7.84. The summed E-state index contributed by atoms with van der Waals surface area (Å²) in [6, 6.07) is 20.4. The molecule has 37 heavy (non-hydrogen) atoms. The van der Waals surface area contributed by atoms with Crippen molar-refractivity contribution in [2.24, 2.45) is 0 Å². The van der Waals surface area contributed by atoms with Crippen molar-refractivity contribution < 1.29 is 4.74 Å². The molecular weight excluding hydrogens is 500 g/mol. The Hall–Kier alpha value is -3.35. The fourth-order valence-electron chi connectivity index (χ4n) is 5.51. The number of nitrogens with one attached hydrogen (secondary N) is 1. The number of aromatic nitrogens is 2. The van der Waals surface area contributed by atoms with Crippen LogP contribution in [0.15, 0.2) is 66.9 Å². The number of benzene rings is 2. The summed E-state index contributed by atoms with van der Waals surface area (Å²) in [6.45, 7) is 8.76. The number of thiocarbonyl (C=S) groups is 1. The van der Waals surface area contributed by atoms with Gasteiger partial charge in [-0.25, -0.2) is 0 Å². The van der Waals surface area contributed by atoms with Crippen molar-refractivity contribution in [1.29, 1.82) is 0 Å². The lowest BCUT2D eigenvalue weighted by Gasteiger charge is -2.28. The smallest absolute Gasteiger partial charge is 0.174 e. The molecule has 3 heterocycles. The predicted octanol–water partition coefficient (Wildman–Crippen LogP) is 7.20. The minimum Gasteiger partial charge on any atom is -0.495 e. The van der Waals surface area contributed by atoms with Gasteiger partial charge in [0.2, 0.25) is 0 Å². The molecule has 0 aliphatic carbocycles. The predicted molar refractivity (Wildman–Crippen MR) is 155 cm³/mol. The van der Waals surface area contributed by atoms with Crippen molar-refractivity contribution in [1.82, 2.24) is 14.9 Å². The van der Waals surface area contributed by atoms with E-state index in [0.717, 1.165) is 17.8 Å². The Morgan fingerprint density at radius 3 is 2.54 bits per heavy atom. The van der Waals surface area contributed by atoms with Gasteiger partial charge in [-0.1, -0.05) is 42.8 Å². The van der Waals surface area contributed by atoms with Crippen molar-refractivity contribution >= 4 is 34.6 Å². The average molecular weight is 531 g/mol. The minimum atomic E-state index is -0.133. The molecule has 0 amide bonds. The summed E-state index contributed by atoms with van der Waals surface area (Å²) >= 11 is 12.5. The van der Waals surface area contributed by atoms with Gasteiger partial charge in [0.1, 0.15) is 5.75 Å². The first-order valence-electron chi connectivity index (χ1n) is 12.5. The third-order valence-electron chi connectivity index (χ3n) is 7.23.